The van der Waals surface area contributed by atoms with Gasteiger partial charge in [-0.25, -0.2) is 4.68 Å². The van der Waals surface area contributed by atoms with E-state index in [2.05, 4.69) is 15.5 Å². The van der Waals surface area contributed by atoms with Crippen LogP contribution in [0.3, 0.4) is 0 Å². The molecule has 0 fully saturated rings. The zero-order chi connectivity index (χ0) is 16.2. The molecule has 3 rings (SSSR count). The van der Waals surface area contributed by atoms with Crippen LogP contribution in [-0.4, -0.2) is 31.7 Å². The van der Waals surface area contributed by atoms with Crippen LogP contribution in [0.15, 0.2) is 46.2 Å². The number of benzene rings is 1. The van der Waals surface area contributed by atoms with E-state index in [-0.39, 0.29) is 11.5 Å². The lowest BCUT2D eigenvalue weighted by molar-refractivity contribution is 0.102. The summed E-state index contributed by atoms with van der Waals surface area (Å²) in [5, 5.41) is 12.7. The number of furan rings is 1. The molecule has 0 atom stereocenters. The lowest BCUT2D eigenvalue weighted by Gasteiger charge is -2.03. The van der Waals surface area contributed by atoms with Gasteiger partial charge < -0.3 is 4.42 Å². The van der Waals surface area contributed by atoms with Crippen molar-refractivity contribution in [2.75, 3.05) is 5.75 Å². The van der Waals surface area contributed by atoms with Gasteiger partial charge in [-0.15, -0.1) is 5.10 Å². The van der Waals surface area contributed by atoms with Gasteiger partial charge in [0.1, 0.15) is 12.3 Å². The maximum Gasteiger partial charge on any atom is 0.210 e. The molecule has 0 amide bonds. The number of carbonyl (C=O) groups is 1. The first-order chi connectivity index (χ1) is 11.1. The lowest BCUT2D eigenvalue weighted by atomic mass is 10.1. The fourth-order valence-corrected chi connectivity index (χ4v) is 2.90. The van der Waals surface area contributed by atoms with Gasteiger partial charge in [0.2, 0.25) is 5.16 Å². The van der Waals surface area contributed by atoms with Crippen LogP contribution in [0.1, 0.15) is 16.1 Å². The van der Waals surface area contributed by atoms with E-state index in [0.717, 1.165) is 5.76 Å². The van der Waals surface area contributed by atoms with Gasteiger partial charge in [0.05, 0.1) is 22.1 Å². The average molecular weight is 369 g/mol. The SMILES string of the molecule is O=C(CSc1nnnn1Cc1ccco1)c1ccc(Cl)c(Cl)c1. The predicted octanol–water partition coefficient (Wildman–Crippen LogP) is 3.60. The minimum Gasteiger partial charge on any atom is -0.467 e. The molecule has 0 saturated carbocycles. The smallest absolute Gasteiger partial charge is 0.210 e. The highest BCUT2D eigenvalue weighted by Gasteiger charge is 2.13. The first-order valence-corrected chi connectivity index (χ1v) is 8.27. The molecule has 0 aliphatic carbocycles. The van der Waals surface area contributed by atoms with E-state index >= 15 is 0 Å². The third kappa shape index (κ3) is 3.93. The van der Waals surface area contributed by atoms with Gasteiger partial charge >= 0.3 is 0 Å². The van der Waals surface area contributed by atoms with Crippen molar-refractivity contribution in [1.82, 2.24) is 20.2 Å². The summed E-state index contributed by atoms with van der Waals surface area (Å²) in [5.41, 5.74) is 0.497. The summed E-state index contributed by atoms with van der Waals surface area (Å²) in [7, 11) is 0. The Morgan fingerprint density at radius 3 is 2.87 bits per heavy atom. The van der Waals surface area contributed by atoms with E-state index in [1.54, 1.807) is 35.2 Å². The Balaban J connectivity index is 1.65. The first-order valence-electron chi connectivity index (χ1n) is 6.53. The molecule has 118 valence electrons. The van der Waals surface area contributed by atoms with Crippen LogP contribution in [0.2, 0.25) is 10.0 Å². The van der Waals surface area contributed by atoms with Crippen molar-refractivity contribution in [2.24, 2.45) is 0 Å². The number of nitrogens with zero attached hydrogens (tertiary/aromatic N) is 4. The summed E-state index contributed by atoms with van der Waals surface area (Å²) in [6.07, 6.45) is 1.58. The Morgan fingerprint density at radius 2 is 2.13 bits per heavy atom. The number of ketones is 1. The second kappa shape index (κ2) is 7.16. The number of thioether (sulfide) groups is 1. The van der Waals surface area contributed by atoms with Crippen molar-refractivity contribution in [3.63, 3.8) is 0 Å². The summed E-state index contributed by atoms with van der Waals surface area (Å²) in [6.45, 7) is 0.406. The Labute approximate surface area is 145 Å². The van der Waals surface area contributed by atoms with E-state index < -0.39 is 0 Å². The highest BCUT2D eigenvalue weighted by atomic mass is 35.5. The summed E-state index contributed by atoms with van der Waals surface area (Å²) >= 11 is 13.0. The highest BCUT2D eigenvalue weighted by Crippen LogP contribution is 2.24. The van der Waals surface area contributed by atoms with Gasteiger partial charge in [-0.3, -0.25) is 4.79 Å². The van der Waals surface area contributed by atoms with Crippen LogP contribution in [0, 0.1) is 0 Å². The van der Waals surface area contributed by atoms with E-state index in [1.165, 1.54) is 11.8 Å². The molecule has 6 nitrogen and oxygen atoms in total. The number of hydrogen-bond donors (Lipinski definition) is 0. The zero-order valence-corrected chi connectivity index (χ0v) is 14.0. The van der Waals surface area contributed by atoms with Crippen LogP contribution < -0.4 is 0 Å². The lowest BCUT2D eigenvalue weighted by Crippen LogP contribution is -2.06. The Hall–Kier alpha value is -1.83. The fraction of sp³-hybridized carbons (Fsp3) is 0.143. The minimum atomic E-state index is -0.0823. The van der Waals surface area contributed by atoms with Gasteiger partial charge in [0, 0.05) is 5.56 Å². The molecular formula is C14H10Cl2N4O2S. The standard InChI is InChI=1S/C14H10Cl2N4O2S/c15-11-4-3-9(6-12(11)16)13(21)8-23-14-17-18-19-20(14)7-10-2-1-5-22-10/h1-6H,7-8H2. The minimum absolute atomic E-state index is 0.0823. The number of carbonyl (C=O) groups excluding carboxylic acids is 1. The zero-order valence-electron chi connectivity index (χ0n) is 11.6. The fourth-order valence-electron chi connectivity index (χ4n) is 1.83. The molecular weight excluding hydrogens is 359 g/mol. The van der Waals surface area contributed by atoms with Gasteiger partial charge in [0.15, 0.2) is 5.78 Å². The molecule has 0 bridgehead atoms. The van der Waals surface area contributed by atoms with Crippen LogP contribution >= 0.6 is 35.0 Å². The highest BCUT2D eigenvalue weighted by molar-refractivity contribution is 7.99. The van der Waals surface area contributed by atoms with E-state index in [4.69, 9.17) is 27.6 Å². The van der Waals surface area contributed by atoms with E-state index in [9.17, 15) is 4.79 Å². The molecule has 0 unspecified atom stereocenters. The second-order valence-electron chi connectivity index (χ2n) is 4.54. The topological polar surface area (TPSA) is 73.8 Å². The molecule has 2 heterocycles. The van der Waals surface area contributed by atoms with Crippen molar-refractivity contribution in [2.45, 2.75) is 11.7 Å². The third-order valence-electron chi connectivity index (χ3n) is 2.96. The Morgan fingerprint density at radius 1 is 1.26 bits per heavy atom. The van der Waals surface area contributed by atoms with Crippen molar-refractivity contribution in [3.05, 3.63) is 58.0 Å². The van der Waals surface area contributed by atoms with Gasteiger partial charge in [-0.05, 0) is 40.8 Å². The molecule has 2 aromatic heterocycles. The van der Waals surface area contributed by atoms with Crippen LogP contribution in [0.4, 0.5) is 0 Å². The number of tetrazole rings is 1. The van der Waals surface area contributed by atoms with Crippen molar-refractivity contribution in [1.29, 1.82) is 0 Å². The normalized spacial score (nSPS) is 10.9. The number of halogens is 2. The maximum absolute atomic E-state index is 12.2. The Kier molecular flexibility index (Phi) is 5.00. The number of Topliss-reactive ketones (excluding diaryl/α,β-unsaturated/α-hetero) is 1. The summed E-state index contributed by atoms with van der Waals surface area (Å²) in [5.74, 6) is 0.840. The average Bonchev–Trinajstić information content (AvgIpc) is 3.20. The van der Waals surface area contributed by atoms with Gasteiger partial charge in [-0.1, -0.05) is 35.0 Å². The summed E-state index contributed by atoms with van der Waals surface area (Å²) in [4.78, 5) is 12.2. The predicted molar refractivity (Wildman–Crippen MR) is 87.1 cm³/mol. The van der Waals surface area contributed by atoms with Crippen LogP contribution in [0.25, 0.3) is 0 Å². The first kappa shape index (κ1) is 16.0. The van der Waals surface area contributed by atoms with Crippen molar-refractivity contribution in [3.8, 4) is 0 Å². The van der Waals surface area contributed by atoms with E-state index in [1.807, 2.05) is 6.07 Å². The molecule has 1 aromatic carbocycles. The van der Waals surface area contributed by atoms with Crippen molar-refractivity contribution >= 4 is 40.7 Å². The molecule has 23 heavy (non-hydrogen) atoms. The molecule has 3 aromatic rings. The quantitative estimate of drug-likeness (QED) is 0.488. The number of aromatic nitrogens is 4. The summed E-state index contributed by atoms with van der Waals surface area (Å²) < 4.78 is 6.84. The molecule has 0 spiro atoms. The van der Waals surface area contributed by atoms with Gasteiger partial charge in [0.25, 0.3) is 0 Å². The summed E-state index contributed by atoms with van der Waals surface area (Å²) in [6, 6.07) is 8.42. The largest absolute Gasteiger partial charge is 0.467 e. The van der Waals surface area contributed by atoms with Crippen LogP contribution in [0.5, 0.6) is 0 Å². The van der Waals surface area contributed by atoms with E-state index in [0.29, 0.717) is 27.3 Å². The van der Waals surface area contributed by atoms with Crippen LogP contribution in [-0.2, 0) is 6.54 Å². The number of hydrogen-bond acceptors (Lipinski definition) is 6. The molecule has 0 saturated heterocycles. The third-order valence-corrected chi connectivity index (χ3v) is 4.65. The number of rotatable bonds is 6. The monoisotopic (exact) mass is 368 g/mol. The molecule has 0 aliphatic rings. The molecule has 9 heteroatoms. The Bertz CT molecular complexity index is 820. The molecule has 0 aliphatic heterocycles. The second-order valence-corrected chi connectivity index (χ2v) is 6.30. The molecule has 0 N–H and O–H groups in total. The van der Waals surface area contributed by atoms with Crippen molar-refractivity contribution < 1.29 is 9.21 Å². The molecule has 0 radical (unpaired) electrons. The van der Waals surface area contributed by atoms with Gasteiger partial charge in [-0.2, -0.15) is 0 Å². The maximum atomic E-state index is 12.2.